The molecule has 0 aromatic heterocycles. The fourth-order valence-electron chi connectivity index (χ4n) is 4.25. The lowest BCUT2D eigenvalue weighted by Gasteiger charge is -2.48. The summed E-state index contributed by atoms with van der Waals surface area (Å²) >= 11 is 0. The molecular weight excluding hydrogens is 314 g/mol. The van der Waals surface area contributed by atoms with Gasteiger partial charge in [-0.15, -0.1) is 0 Å². The molecule has 2 saturated heterocycles. The lowest BCUT2D eigenvalue weighted by atomic mass is 9.71. The Morgan fingerprint density at radius 2 is 2.08 bits per heavy atom. The van der Waals surface area contributed by atoms with Crippen LogP contribution >= 0.6 is 0 Å². The maximum Gasteiger partial charge on any atom is 0.387 e. The third-order valence-corrected chi connectivity index (χ3v) is 5.24. The number of likely N-dealkylation sites (tertiary alicyclic amines) is 2. The zero-order chi connectivity index (χ0) is 17.2. The Labute approximate surface area is 142 Å². The van der Waals surface area contributed by atoms with E-state index < -0.39 is 6.61 Å². The van der Waals surface area contributed by atoms with Gasteiger partial charge in [-0.05, 0) is 62.5 Å². The molecule has 2 heterocycles. The zero-order valence-electron chi connectivity index (χ0n) is 14.1. The molecule has 0 aliphatic carbocycles. The molecule has 134 valence electrons. The second-order valence-corrected chi connectivity index (χ2v) is 7.36. The maximum absolute atomic E-state index is 12.3. The minimum absolute atomic E-state index is 0.216. The van der Waals surface area contributed by atoms with Crippen LogP contribution in [0, 0.1) is 5.41 Å². The molecular formula is C18H26F2N2O2. The molecule has 6 heteroatoms. The van der Waals surface area contributed by atoms with Crippen molar-refractivity contribution in [2.45, 2.75) is 38.5 Å². The molecule has 1 atom stereocenters. The Balaban J connectivity index is 1.56. The van der Waals surface area contributed by atoms with Crippen LogP contribution in [-0.4, -0.2) is 60.8 Å². The standard InChI is InChI=1S/C18H26F2N2O2/c1-21-12-15(23)10-18(13-21)5-7-22(8-6-18)11-14-3-2-4-16(9-14)24-17(19)20/h2-4,9,15,17,23H,5-8,10-13H2,1H3. The second kappa shape index (κ2) is 7.33. The third-order valence-electron chi connectivity index (χ3n) is 5.24. The first-order valence-electron chi connectivity index (χ1n) is 8.57. The molecule has 0 radical (unpaired) electrons. The molecule has 1 spiro atoms. The van der Waals surface area contributed by atoms with E-state index in [0.29, 0.717) is 0 Å². The van der Waals surface area contributed by atoms with E-state index in [1.807, 2.05) is 6.07 Å². The molecule has 3 rings (SSSR count). The number of aliphatic hydroxyl groups excluding tert-OH is 1. The average Bonchev–Trinajstić information content (AvgIpc) is 2.48. The van der Waals surface area contributed by atoms with Gasteiger partial charge in [0.25, 0.3) is 0 Å². The lowest BCUT2D eigenvalue weighted by molar-refractivity contribution is -0.0500. The summed E-state index contributed by atoms with van der Waals surface area (Å²) in [7, 11) is 2.07. The highest BCUT2D eigenvalue weighted by atomic mass is 19.3. The molecule has 1 aromatic carbocycles. The summed E-state index contributed by atoms with van der Waals surface area (Å²) in [6.07, 6.45) is 2.81. The van der Waals surface area contributed by atoms with Crippen molar-refractivity contribution < 1.29 is 18.6 Å². The van der Waals surface area contributed by atoms with Crippen LogP contribution in [0.5, 0.6) is 5.75 Å². The number of rotatable bonds is 4. The fraction of sp³-hybridized carbons (Fsp3) is 0.667. The summed E-state index contributed by atoms with van der Waals surface area (Å²) in [4.78, 5) is 4.59. The van der Waals surface area contributed by atoms with Gasteiger partial charge in [0, 0.05) is 19.6 Å². The molecule has 4 nitrogen and oxygen atoms in total. The topological polar surface area (TPSA) is 35.9 Å². The van der Waals surface area contributed by atoms with Gasteiger partial charge in [0.1, 0.15) is 5.75 Å². The highest BCUT2D eigenvalue weighted by molar-refractivity contribution is 5.28. The number of β-amino-alcohol motifs (C(OH)–C–C–N with tert-alkyl or cyclic N) is 1. The number of ether oxygens (including phenoxy) is 1. The van der Waals surface area contributed by atoms with E-state index in [1.165, 1.54) is 0 Å². The first-order valence-corrected chi connectivity index (χ1v) is 8.57. The molecule has 2 aliphatic heterocycles. The smallest absolute Gasteiger partial charge is 0.387 e. The van der Waals surface area contributed by atoms with Gasteiger partial charge in [-0.2, -0.15) is 8.78 Å². The highest BCUT2D eigenvalue weighted by Gasteiger charge is 2.40. The van der Waals surface area contributed by atoms with Gasteiger partial charge in [-0.1, -0.05) is 12.1 Å². The van der Waals surface area contributed by atoms with E-state index in [2.05, 4.69) is 21.6 Å². The van der Waals surface area contributed by atoms with Crippen LogP contribution in [0.15, 0.2) is 24.3 Å². The summed E-state index contributed by atoms with van der Waals surface area (Å²) in [6.45, 7) is 1.72. The number of nitrogens with zero attached hydrogens (tertiary/aromatic N) is 2. The predicted molar refractivity (Wildman–Crippen MR) is 88.1 cm³/mol. The van der Waals surface area contributed by atoms with Gasteiger partial charge in [0.15, 0.2) is 0 Å². The number of aliphatic hydroxyl groups is 1. The number of piperidine rings is 2. The summed E-state index contributed by atoms with van der Waals surface area (Å²) in [5, 5.41) is 10.1. The van der Waals surface area contributed by atoms with Crippen LogP contribution in [0.1, 0.15) is 24.8 Å². The average molecular weight is 340 g/mol. The molecule has 0 amide bonds. The van der Waals surface area contributed by atoms with E-state index in [-0.39, 0.29) is 17.3 Å². The number of benzene rings is 1. The Kier molecular flexibility index (Phi) is 5.37. The summed E-state index contributed by atoms with van der Waals surface area (Å²) < 4.78 is 29.1. The van der Waals surface area contributed by atoms with Crippen molar-refractivity contribution in [2.75, 3.05) is 33.2 Å². The Bertz CT molecular complexity index is 536. The third kappa shape index (κ3) is 4.43. The summed E-state index contributed by atoms with van der Waals surface area (Å²) in [5.41, 5.74) is 1.22. The van der Waals surface area contributed by atoms with Gasteiger partial charge in [-0.3, -0.25) is 4.90 Å². The number of hydrogen-bond acceptors (Lipinski definition) is 4. The van der Waals surface area contributed by atoms with Gasteiger partial charge in [0.2, 0.25) is 0 Å². The Hall–Kier alpha value is -1.24. The number of hydrogen-bond donors (Lipinski definition) is 1. The van der Waals surface area contributed by atoms with Gasteiger partial charge < -0.3 is 14.7 Å². The molecule has 0 bridgehead atoms. The molecule has 2 fully saturated rings. The molecule has 24 heavy (non-hydrogen) atoms. The first kappa shape index (κ1) is 17.6. The van der Waals surface area contributed by atoms with Crippen molar-refractivity contribution in [1.82, 2.24) is 9.80 Å². The van der Waals surface area contributed by atoms with Gasteiger partial charge in [-0.25, -0.2) is 0 Å². The van der Waals surface area contributed by atoms with Crippen molar-refractivity contribution in [2.24, 2.45) is 5.41 Å². The van der Waals surface area contributed by atoms with Crippen LogP contribution in [0.25, 0.3) is 0 Å². The van der Waals surface area contributed by atoms with E-state index in [4.69, 9.17) is 0 Å². The molecule has 1 unspecified atom stereocenters. The normalized spacial score (nSPS) is 25.3. The van der Waals surface area contributed by atoms with Crippen LogP contribution in [0.2, 0.25) is 0 Å². The van der Waals surface area contributed by atoms with Crippen molar-refractivity contribution in [3.63, 3.8) is 0 Å². The van der Waals surface area contributed by atoms with E-state index in [9.17, 15) is 13.9 Å². The Morgan fingerprint density at radius 3 is 2.75 bits per heavy atom. The summed E-state index contributed by atoms with van der Waals surface area (Å²) in [5.74, 6) is 0.216. The van der Waals surface area contributed by atoms with Crippen molar-refractivity contribution >= 4 is 0 Å². The van der Waals surface area contributed by atoms with E-state index in [1.54, 1.807) is 18.2 Å². The minimum atomic E-state index is -2.79. The quantitative estimate of drug-likeness (QED) is 0.914. The van der Waals surface area contributed by atoms with Gasteiger partial charge in [0.05, 0.1) is 6.10 Å². The van der Waals surface area contributed by atoms with Gasteiger partial charge >= 0.3 is 6.61 Å². The molecule has 2 aliphatic rings. The Morgan fingerprint density at radius 1 is 1.33 bits per heavy atom. The first-order chi connectivity index (χ1) is 11.4. The second-order valence-electron chi connectivity index (χ2n) is 7.36. The molecule has 0 saturated carbocycles. The number of halogens is 2. The predicted octanol–water partition coefficient (Wildman–Crippen LogP) is 2.57. The molecule has 1 N–H and O–H groups in total. The van der Waals surface area contributed by atoms with Crippen molar-refractivity contribution in [1.29, 1.82) is 0 Å². The minimum Gasteiger partial charge on any atom is -0.435 e. The largest absolute Gasteiger partial charge is 0.435 e. The monoisotopic (exact) mass is 340 g/mol. The van der Waals surface area contributed by atoms with Crippen LogP contribution in [-0.2, 0) is 6.54 Å². The van der Waals surface area contributed by atoms with Crippen LogP contribution < -0.4 is 4.74 Å². The van der Waals surface area contributed by atoms with Crippen LogP contribution in [0.4, 0.5) is 8.78 Å². The SMILES string of the molecule is CN1CC(O)CC2(CCN(Cc3cccc(OC(F)F)c3)CC2)C1. The maximum atomic E-state index is 12.3. The summed E-state index contributed by atoms with van der Waals surface area (Å²) in [6, 6.07) is 6.95. The zero-order valence-corrected chi connectivity index (χ0v) is 14.1. The fourth-order valence-corrected chi connectivity index (χ4v) is 4.25. The van der Waals surface area contributed by atoms with Crippen molar-refractivity contribution in [3.05, 3.63) is 29.8 Å². The number of likely N-dealkylation sites (N-methyl/N-ethyl adjacent to an activating group) is 1. The van der Waals surface area contributed by atoms with E-state index in [0.717, 1.165) is 57.5 Å². The van der Waals surface area contributed by atoms with E-state index >= 15 is 0 Å². The highest BCUT2D eigenvalue weighted by Crippen LogP contribution is 2.39. The molecule has 1 aromatic rings. The number of alkyl halides is 2. The van der Waals surface area contributed by atoms with Crippen molar-refractivity contribution in [3.8, 4) is 5.75 Å². The lowest BCUT2D eigenvalue weighted by Crippen LogP contribution is -2.52. The van der Waals surface area contributed by atoms with Crippen LogP contribution in [0.3, 0.4) is 0 Å².